The Morgan fingerprint density at radius 3 is 2.56 bits per heavy atom. The molecule has 2 amide bonds. The SMILES string of the molecule is CC(=O)N1[C@H](C)CN(c2cccc(-c3c[nH]c4ncc(NC(=O)OC(C)(C)C)cc34)n2)C[C@@H]1C.[HH]. The normalized spacial score (nSPS) is 18.8. The molecule has 9 heteroatoms. The fraction of sp³-hybridized carbons (Fsp3) is 0.440. The van der Waals surface area contributed by atoms with Crippen LogP contribution in [0.1, 0.15) is 43.0 Å². The van der Waals surface area contributed by atoms with Gasteiger partial charge in [-0.3, -0.25) is 10.1 Å². The molecule has 0 saturated carbocycles. The van der Waals surface area contributed by atoms with Crippen LogP contribution in [0.2, 0.25) is 0 Å². The molecule has 2 atom stereocenters. The van der Waals surface area contributed by atoms with Gasteiger partial charge in [0, 0.05) is 50.7 Å². The van der Waals surface area contributed by atoms with Crippen LogP contribution in [0, 0.1) is 0 Å². The van der Waals surface area contributed by atoms with Crippen molar-refractivity contribution >= 4 is 34.5 Å². The van der Waals surface area contributed by atoms with Gasteiger partial charge in [-0.25, -0.2) is 14.8 Å². The number of nitrogens with one attached hydrogen (secondary N) is 2. The summed E-state index contributed by atoms with van der Waals surface area (Å²) in [5.74, 6) is 0.966. The van der Waals surface area contributed by atoms with Gasteiger partial charge >= 0.3 is 6.09 Å². The number of aromatic amines is 1. The van der Waals surface area contributed by atoms with Crippen LogP contribution >= 0.6 is 0 Å². The third kappa shape index (κ3) is 4.98. The largest absolute Gasteiger partial charge is 0.444 e. The highest BCUT2D eigenvalue weighted by Crippen LogP contribution is 2.30. The predicted octanol–water partition coefficient (Wildman–Crippen LogP) is 4.66. The summed E-state index contributed by atoms with van der Waals surface area (Å²) in [5, 5.41) is 3.60. The summed E-state index contributed by atoms with van der Waals surface area (Å²) in [5.41, 5.74) is 2.35. The van der Waals surface area contributed by atoms with E-state index in [1.54, 1.807) is 13.1 Å². The number of nitrogens with zero attached hydrogens (tertiary/aromatic N) is 4. The van der Waals surface area contributed by atoms with E-state index in [1.165, 1.54) is 0 Å². The van der Waals surface area contributed by atoms with Crippen molar-refractivity contribution in [2.24, 2.45) is 0 Å². The molecule has 4 rings (SSSR count). The molecule has 1 aliphatic heterocycles. The molecule has 34 heavy (non-hydrogen) atoms. The van der Waals surface area contributed by atoms with Crippen LogP contribution in [-0.4, -0.2) is 62.6 Å². The number of fused-ring (bicyclic) bond motifs is 1. The van der Waals surface area contributed by atoms with Crippen LogP contribution in [0.15, 0.2) is 36.7 Å². The molecular weight excluding hydrogens is 432 g/mol. The minimum Gasteiger partial charge on any atom is -0.444 e. The number of ether oxygens (including phenoxy) is 1. The average Bonchev–Trinajstić information content (AvgIpc) is 3.15. The first-order valence-electron chi connectivity index (χ1n) is 11.5. The maximum Gasteiger partial charge on any atom is 0.412 e. The number of rotatable bonds is 3. The number of H-pyrrole nitrogens is 1. The molecule has 1 fully saturated rings. The van der Waals surface area contributed by atoms with Gasteiger partial charge in [0.05, 0.1) is 17.6 Å². The second-order valence-electron chi connectivity index (χ2n) is 9.86. The van der Waals surface area contributed by atoms with Gasteiger partial charge in [-0.15, -0.1) is 0 Å². The summed E-state index contributed by atoms with van der Waals surface area (Å²) in [7, 11) is 0. The first kappa shape index (κ1) is 23.5. The third-order valence-electron chi connectivity index (χ3n) is 5.79. The van der Waals surface area contributed by atoms with Gasteiger partial charge in [0.25, 0.3) is 0 Å². The zero-order valence-corrected chi connectivity index (χ0v) is 20.5. The maximum absolute atomic E-state index is 12.2. The number of piperazine rings is 1. The number of aromatic nitrogens is 3. The quantitative estimate of drug-likeness (QED) is 0.582. The average molecular weight is 467 g/mol. The summed E-state index contributed by atoms with van der Waals surface area (Å²) in [4.78, 5) is 40.9. The number of hydrogen-bond donors (Lipinski definition) is 2. The van der Waals surface area contributed by atoms with Crippen molar-refractivity contribution < 1.29 is 15.8 Å². The van der Waals surface area contributed by atoms with E-state index >= 15 is 0 Å². The lowest BCUT2D eigenvalue weighted by atomic mass is 10.1. The Bertz CT molecular complexity index is 1210. The first-order chi connectivity index (χ1) is 16.0. The molecule has 9 nitrogen and oxygen atoms in total. The van der Waals surface area contributed by atoms with Crippen LogP contribution in [0.25, 0.3) is 22.3 Å². The second kappa shape index (κ2) is 8.96. The van der Waals surface area contributed by atoms with E-state index < -0.39 is 11.7 Å². The summed E-state index contributed by atoms with van der Waals surface area (Å²) < 4.78 is 5.34. The van der Waals surface area contributed by atoms with Crippen molar-refractivity contribution in [3.8, 4) is 11.3 Å². The van der Waals surface area contributed by atoms with Crippen molar-refractivity contribution in [1.82, 2.24) is 19.9 Å². The van der Waals surface area contributed by atoms with E-state index in [-0.39, 0.29) is 19.4 Å². The van der Waals surface area contributed by atoms with Crippen molar-refractivity contribution in [2.45, 2.75) is 59.2 Å². The number of anilines is 2. The molecule has 0 bridgehead atoms. The Kier molecular flexibility index (Phi) is 6.20. The number of amides is 2. The van der Waals surface area contributed by atoms with Gasteiger partial charge in [0.2, 0.25) is 5.91 Å². The molecule has 0 aromatic carbocycles. The summed E-state index contributed by atoms with van der Waals surface area (Å²) in [6, 6.07) is 8.01. The van der Waals surface area contributed by atoms with Gasteiger partial charge < -0.3 is 19.5 Å². The molecular formula is C25H34N6O3. The van der Waals surface area contributed by atoms with Gasteiger partial charge in [-0.05, 0) is 52.8 Å². The molecule has 4 heterocycles. The molecule has 1 aliphatic rings. The van der Waals surface area contributed by atoms with Crippen molar-refractivity contribution in [3.05, 3.63) is 36.7 Å². The van der Waals surface area contributed by atoms with Crippen molar-refractivity contribution in [1.29, 1.82) is 0 Å². The second-order valence-corrected chi connectivity index (χ2v) is 9.86. The summed E-state index contributed by atoms with van der Waals surface area (Å²) in [6.45, 7) is 12.7. The Hall–Kier alpha value is -3.62. The van der Waals surface area contributed by atoms with E-state index in [0.717, 1.165) is 35.6 Å². The minimum absolute atomic E-state index is 0. The highest BCUT2D eigenvalue weighted by Gasteiger charge is 2.31. The standard InChI is InChI=1S/C25H32N6O3.H2/c1-15-13-30(14-16(2)31(15)17(3)32)22-9-7-8-21(29-22)20-12-27-23-19(20)10-18(11-26-23)28-24(33)34-25(4,5)6;/h7-12,15-16H,13-14H2,1-6H3,(H,26,27)(H,28,33);1H/t15-,16+;. The third-order valence-corrected chi connectivity index (χ3v) is 5.79. The Labute approximate surface area is 201 Å². The maximum atomic E-state index is 12.2. The Balaban J connectivity index is 0.00000342. The van der Waals surface area contributed by atoms with Crippen LogP contribution in [-0.2, 0) is 9.53 Å². The van der Waals surface area contributed by atoms with Crippen LogP contribution in [0.3, 0.4) is 0 Å². The Morgan fingerprint density at radius 2 is 1.91 bits per heavy atom. The lowest BCUT2D eigenvalue weighted by Gasteiger charge is -2.44. The monoisotopic (exact) mass is 466 g/mol. The zero-order valence-electron chi connectivity index (χ0n) is 20.5. The molecule has 0 radical (unpaired) electrons. The lowest BCUT2D eigenvalue weighted by molar-refractivity contribution is -0.133. The van der Waals surface area contributed by atoms with Gasteiger partial charge in [-0.1, -0.05) is 6.07 Å². The number of carbonyl (C=O) groups is 2. The molecule has 0 aliphatic carbocycles. The summed E-state index contributed by atoms with van der Waals surface area (Å²) >= 11 is 0. The Morgan fingerprint density at radius 1 is 1.21 bits per heavy atom. The molecule has 2 N–H and O–H groups in total. The van der Waals surface area contributed by atoms with E-state index in [9.17, 15) is 9.59 Å². The molecule has 0 spiro atoms. The first-order valence-corrected chi connectivity index (χ1v) is 11.5. The topological polar surface area (TPSA) is 103 Å². The predicted molar refractivity (Wildman–Crippen MR) is 135 cm³/mol. The molecule has 1 saturated heterocycles. The van der Waals surface area contributed by atoms with Crippen LogP contribution < -0.4 is 10.2 Å². The zero-order chi connectivity index (χ0) is 24.6. The smallest absolute Gasteiger partial charge is 0.412 e. The molecule has 182 valence electrons. The number of hydrogen-bond acceptors (Lipinski definition) is 6. The van der Waals surface area contributed by atoms with E-state index in [4.69, 9.17) is 9.72 Å². The highest BCUT2D eigenvalue weighted by atomic mass is 16.6. The van der Waals surface area contributed by atoms with E-state index in [2.05, 4.69) is 34.0 Å². The van der Waals surface area contributed by atoms with Crippen LogP contribution in [0.4, 0.5) is 16.3 Å². The van der Waals surface area contributed by atoms with Crippen molar-refractivity contribution in [2.75, 3.05) is 23.3 Å². The molecule has 3 aromatic rings. The van der Waals surface area contributed by atoms with Crippen molar-refractivity contribution in [3.63, 3.8) is 0 Å². The lowest BCUT2D eigenvalue weighted by Crippen LogP contribution is -2.58. The van der Waals surface area contributed by atoms with Gasteiger partial charge in [0.1, 0.15) is 17.1 Å². The highest BCUT2D eigenvalue weighted by molar-refractivity contribution is 5.96. The van der Waals surface area contributed by atoms with E-state index in [1.807, 2.05) is 56.1 Å². The summed E-state index contributed by atoms with van der Waals surface area (Å²) in [6.07, 6.45) is 2.94. The molecule has 0 unspecified atom stereocenters. The fourth-order valence-electron chi connectivity index (χ4n) is 4.59. The van der Waals surface area contributed by atoms with E-state index in [0.29, 0.717) is 11.3 Å². The van der Waals surface area contributed by atoms with Gasteiger partial charge in [0.15, 0.2) is 0 Å². The van der Waals surface area contributed by atoms with Crippen LogP contribution in [0.5, 0.6) is 0 Å². The molecule has 3 aromatic heterocycles. The fourth-order valence-corrected chi connectivity index (χ4v) is 4.59. The number of carbonyl (C=O) groups excluding carboxylic acids is 2. The van der Waals surface area contributed by atoms with Gasteiger partial charge in [-0.2, -0.15) is 0 Å². The number of pyridine rings is 2. The minimum atomic E-state index is -0.587.